The molecule has 1 N–H and O–H groups in total. The first-order valence-electron chi connectivity index (χ1n) is 10.7. The molecule has 0 radical (unpaired) electrons. The molecule has 0 aliphatic carbocycles. The molecule has 1 aliphatic rings. The van der Waals surface area contributed by atoms with Crippen LogP contribution in [0.15, 0.2) is 84.6 Å². The van der Waals surface area contributed by atoms with Crippen molar-refractivity contribution in [1.29, 1.82) is 0 Å². The van der Waals surface area contributed by atoms with Crippen molar-refractivity contribution in [2.75, 3.05) is 4.90 Å². The van der Waals surface area contributed by atoms with Crippen LogP contribution in [0.5, 0.6) is 0 Å². The molecule has 4 aromatic rings. The number of aryl methyl sites for hydroxylation is 1. The molecule has 1 aliphatic heterocycles. The van der Waals surface area contributed by atoms with Crippen LogP contribution in [0.3, 0.4) is 0 Å². The molecule has 6 nitrogen and oxygen atoms in total. The summed E-state index contributed by atoms with van der Waals surface area (Å²) < 4.78 is 16.1. The van der Waals surface area contributed by atoms with Gasteiger partial charge in [0, 0.05) is 28.2 Å². The zero-order valence-electron chi connectivity index (χ0n) is 18.3. The number of nitrogens with zero attached hydrogens (tertiary/aromatic N) is 2. The van der Waals surface area contributed by atoms with Crippen LogP contribution in [0.25, 0.3) is 17.0 Å². The van der Waals surface area contributed by atoms with Crippen LogP contribution >= 0.6 is 0 Å². The molecule has 0 bridgehead atoms. The van der Waals surface area contributed by atoms with Crippen molar-refractivity contribution in [3.05, 3.63) is 107 Å². The number of barbiturate groups is 1. The Balaban J connectivity index is 1.59. The Labute approximate surface area is 194 Å². The van der Waals surface area contributed by atoms with Gasteiger partial charge in [-0.1, -0.05) is 54.6 Å². The molecule has 0 unspecified atom stereocenters. The third kappa shape index (κ3) is 3.67. The van der Waals surface area contributed by atoms with Gasteiger partial charge in [0.15, 0.2) is 0 Å². The molecule has 7 heteroatoms. The Bertz CT molecular complexity index is 1500. The van der Waals surface area contributed by atoms with Gasteiger partial charge in [0.1, 0.15) is 11.4 Å². The molecule has 3 aromatic carbocycles. The zero-order valence-corrected chi connectivity index (χ0v) is 18.3. The van der Waals surface area contributed by atoms with Gasteiger partial charge in [0.2, 0.25) is 0 Å². The number of nitrogens with one attached hydrogen (secondary N) is 1. The SMILES string of the molecule is Cc1ccccc1N1C(=O)NC(=O)/C(=C\c2cn(Cc3ccccc3F)c3ccccc23)C1=O. The first-order valence-corrected chi connectivity index (χ1v) is 10.7. The maximum Gasteiger partial charge on any atom is 0.335 e. The highest BCUT2D eigenvalue weighted by Crippen LogP contribution is 2.28. The number of hydrogen-bond acceptors (Lipinski definition) is 3. The van der Waals surface area contributed by atoms with E-state index in [0.29, 0.717) is 16.8 Å². The highest BCUT2D eigenvalue weighted by atomic mass is 19.1. The largest absolute Gasteiger partial charge is 0.342 e. The lowest BCUT2D eigenvalue weighted by Crippen LogP contribution is -2.54. The van der Waals surface area contributed by atoms with Gasteiger partial charge in [-0.05, 0) is 36.8 Å². The van der Waals surface area contributed by atoms with E-state index < -0.39 is 17.8 Å². The number of aromatic nitrogens is 1. The average Bonchev–Trinajstić information content (AvgIpc) is 3.16. The summed E-state index contributed by atoms with van der Waals surface area (Å²) in [6.07, 6.45) is 3.26. The van der Waals surface area contributed by atoms with Gasteiger partial charge < -0.3 is 4.57 Å². The number of halogens is 1. The van der Waals surface area contributed by atoms with Gasteiger partial charge in [-0.2, -0.15) is 0 Å². The second-order valence-corrected chi connectivity index (χ2v) is 8.07. The third-order valence-corrected chi connectivity index (χ3v) is 5.88. The smallest absolute Gasteiger partial charge is 0.335 e. The van der Waals surface area contributed by atoms with Gasteiger partial charge in [0.25, 0.3) is 11.8 Å². The Hall–Kier alpha value is -4.52. The Kier molecular flexibility index (Phi) is 5.30. The van der Waals surface area contributed by atoms with Gasteiger partial charge in [0.05, 0.1) is 12.2 Å². The topological polar surface area (TPSA) is 71.4 Å². The number of fused-ring (bicyclic) bond motifs is 1. The molecule has 0 spiro atoms. The summed E-state index contributed by atoms with van der Waals surface area (Å²) in [5, 5.41) is 3.06. The Morgan fingerprint density at radius 2 is 1.62 bits per heavy atom. The number of rotatable bonds is 4. The van der Waals surface area contributed by atoms with Gasteiger partial charge in [-0.15, -0.1) is 0 Å². The zero-order chi connectivity index (χ0) is 23.8. The minimum atomic E-state index is -0.788. The summed E-state index contributed by atoms with van der Waals surface area (Å²) in [4.78, 5) is 39.5. The second-order valence-electron chi connectivity index (χ2n) is 8.07. The van der Waals surface area contributed by atoms with E-state index in [9.17, 15) is 18.8 Å². The minimum absolute atomic E-state index is 0.156. The summed E-state index contributed by atoms with van der Waals surface area (Å²) in [6.45, 7) is 2.07. The minimum Gasteiger partial charge on any atom is -0.342 e. The molecule has 0 atom stereocenters. The molecule has 34 heavy (non-hydrogen) atoms. The lowest BCUT2D eigenvalue weighted by Gasteiger charge is -2.27. The Morgan fingerprint density at radius 3 is 2.41 bits per heavy atom. The standard InChI is InChI=1S/C27H20FN3O3/c1-17-8-2-6-12-23(17)31-26(33)21(25(32)29-27(31)34)14-19-16-30(24-13-7-4-10-20(19)24)15-18-9-3-5-11-22(18)28/h2-14,16H,15H2,1H3,(H,29,32,34)/b21-14+. The van der Waals surface area contributed by atoms with Crippen LogP contribution in [0.2, 0.25) is 0 Å². The number of anilines is 1. The van der Waals surface area contributed by atoms with Gasteiger partial charge in [-0.25, -0.2) is 14.1 Å². The maximum absolute atomic E-state index is 14.3. The molecule has 4 amide bonds. The van der Waals surface area contributed by atoms with Gasteiger partial charge >= 0.3 is 6.03 Å². The van der Waals surface area contributed by atoms with Crippen LogP contribution in [0, 0.1) is 12.7 Å². The number of hydrogen-bond donors (Lipinski definition) is 1. The first-order chi connectivity index (χ1) is 16.4. The molecule has 1 aromatic heterocycles. The first kappa shape index (κ1) is 21.3. The van der Waals surface area contributed by atoms with Crippen molar-refractivity contribution >= 4 is 40.5 Å². The van der Waals surface area contributed by atoms with E-state index in [0.717, 1.165) is 21.4 Å². The number of urea groups is 1. The highest BCUT2D eigenvalue weighted by Gasteiger charge is 2.37. The molecule has 0 saturated carbocycles. The number of para-hydroxylation sites is 2. The number of carbonyl (C=O) groups is 3. The molecule has 168 valence electrons. The van der Waals surface area contributed by atoms with Crippen LogP contribution in [-0.4, -0.2) is 22.4 Å². The van der Waals surface area contributed by atoms with Gasteiger partial charge in [-0.3, -0.25) is 14.9 Å². The summed E-state index contributed by atoms with van der Waals surface area (Å²) in [7, 11) is 0. The molecule has 2 heterocycles. The van der Waals surface area contributed by atoms with Crippen LogP contribution < -0.4 is 10.2 Å². The van der Waals surface area contributed by atoms with E-state index in [2.05, 4.69) is 5.32 Å². The fourth-order valence-corrected chi connectivity index (χ4v) is 4.18. The Morgan fingerprint density at radius 1 is 0.912 bits per heavy atom. The summed E-state index contributed by atoms with van der Waals surface area (Å²) in [6, 6.07) is 20.2. The monoisotopic (exact) mass is 453 g/mol. The predicted octanol–water partition coefficient (Wildman–Crippen LogP) is 4.80. The van der Waals surface area contributed by atoms with E-state index in [1.807, 2.05) is 28.8 Å². The van der Waals surface area contributed by atoms with Crippen molar-refractivity contribution < 1.29 is 18.8 Å². The van der Waals surface area contributed by atoms with Crippen molar-refractivity contribution in [2.24, 2.45) is 0 Å². The summed E-state index contributed by atoms with van der Waals surface area (Å²) in [5.74, 6) is -1.77. The maximum atomic E-state index is 14.3. The average molecular weight is 453 g/mol. The van der Waals surface area contributed by atoms with E-state index >= 15 is 0 Å². The summed E-state index contributed by atoms with van der Waals surface area (Å²) >= 11 is 0. The molecular weight excluding hydrogens is 433 g/mol. The summed E-state index contributed by atoms with van der Waals surface area (Å²) in [5.41, 5.74) is 2.94. The normalized spacial score (nSPS) is 15.3. The van der Waals surface area contributed by atoms with Crippen LogP contribution in [0.1, 0.15) is 16.7 Å². The van der Waals surface area contributed by atoms with E-state index in [1.54, 1.807) is 55.6 Å². The van der Waals surface area contributed by atoms with Crippen LogP contribution in [0.4, 0.5) is 14.9 Å². The van der Waals surface area contributed by atoms with E-state index in [-0.39, 0.29) is 17.9 Å². The molecule has 1 saturated heterocycles. The lowest BCUT2D eigenvalue weighted by atomic mass is 10.1. The van der Waals surface area contributed by atoms with Crippen LogP contribution in [-0.2, 0) is 16.1 Å². The number of carbonyl (C=O) groups excluding carboxylic acids is 3. The fourth-order valence-electron chi connectivity index (χ4n) is 4.18. The molecule has 1 fully saturated rings. The lowest BCUT2D eigenvalue weighted by molar-refractivity contribution is -0.122. The predicted molar refractivity (Wildman–Crippen MR) is 128 cm³/mol. The molecular formula is C27H20FN3O3. The quantitative estimate of drug-likeness (QED) is 0.356. The van der Waals surface area contributed by atoms with E-state index in [4.69, 9.17) is 0 Å². The number of imide groups is 2. The second kappa shape index (κ2) is 8.44. The van der Waals surface area contributed by atoms with Crippen molar-refractivity contribution in [2.45, 2.75) is 13.5 Å². The van der Waals surface area contributed by atoms with E-state index in [1.165, 1.54) is 12.1 Å². The van der Waals surface area contributed by atoms with Crippen molar-refractivity contribution in [1.82, 2.24) is 9.88 Å². The third-order valence-electron chi connectivity index (χ3n) is 5.88. The van der Waals surface area contributed by atoms with Crippen molar-refractivity contribution in [3.8, 4) is 0 Å². The number of benzene rings is 3. The number of amides is 4. The molecule has 5 rings (SSSR count). The fraction of sp³-hybridized carbons (Fsp3) is 0.0741. The highest BCUT2D eigenvalue weighted by molar-refractivity contribution is 6.39. The van der Waals surface area contributed by atoms with Crippen molar-refractivity contribution in [3.63, 3.8) is 0 Å².